The Labute approximate surface area is 258 Å². The molecule has 3 heterocycles. The lowest BCUT2D eigenvalue weighted by Crippen LogP contribution is -2.00. The fraction of sp³-hybridized carbons (Fsp3) is 0. The molecule has 45 heavy (non-hydrogen) atoms. The van der Waals surface area contributed by atoms with Gasteiger partial charge in [0.2, 0.25) is 0 Å². The van der Waals surface area contributed by atoms with Crippen LogP contribution < -0.4 is 0 Å². The van der Waals surface area contributed by atoms with E-state index in [1.165, 1.54) is 16.2 Å². The fourth-order valence-electron chi connectivity index (χ4n) is 6.11. The van der Waals surface area contributed by atoms with Crippen LogP contribution in [0.2, 0.25) is 0 Å². The van der Waals surface area contributed by atoms with Gasteiger partial charge in [0.05, 0.1) is 6.20 Å². The maximum atomic E-state index is 6.14. The quantitative estimate of drug-likeness (QED) is 0.209. The number of aromatic nitrogens is 4. The highest BCUT2D eigenvalue weighted by Gasteiger charge is 2.18. The second kappa shape index (κ2) is 10.2. The molecular formula is C40H24N4O. The smallest absolute Gasteiger partial charge is 0.166 e. The monoisotopic (exact) mass is 576 g/mol. The van der Waals surface area contributed by atoms with Gasteiger partial charge in [-0.05, 0) is 50.9 Å². The number of furan rings is 1. The second-order valence-electron chi connectivity index (χ2n) is 11.2. The number of para-hydroxylation sites is 1. The van der Waals surface area contributed by atoms with Gasteiger partial charge >= 0.3 is 0 Å². The number of hydrogen-bond acceptors (Lipinski definition) is 5. The number of pyridine rings is 1. The topological polar surface area (TPSA) is 64.7 Å². The first-order valence-corrected chi connectivity index (χ1v) is 14.9. The summed E-state index contributed by atoms with van der Waals surface area (Å²) in [6, 6.07) is 46.0. The summed E-state index contributed by atoms with van der Waals surface area (Å²) in [6.45, 7) is 0. The molecule has 0 atom stereocenters. The van der Waals surface area contributed by atoms with E-state index in [1.807, 2.05) is 36.5 Å². The van der Waals surface area contributed by atoms with E-state index in [0.29, 0.717) is 23.1 Å². The van der Waals surface area contributed by atoms with Crippen molar-refractivity contribution < 1.29 is 4.42 Å². The number of rotatable bonds is 4. The molecule has 0 N–H and O–H groups in total. The van der Waals surface area contributed by atoms with Crippen LogP contribution in [0.25, 0.3) is 88.8 Å². The molecule has 0 aliphatic rings. The van der Waals surface area contributed by atoms with Crippen molar-refractivity contribution in [1.82, 2.24) is 19.9 Å². The number of nitrogens with zero attached hydrogens (tertiary/aromatic N) is 4. The molecular weight excluding hydrogens is 552 g/mol. The van der Waals surface area contributed by atoms with E-state index in [1.54, 1.807) is 6.20 Å². The Morgan fingerprint density at radius 1 is 0.400 bits per heavy atom. The molecule has 0 aliphatic carbocycles. The van der Waals surface area contributed by atoms with Crippen LogP contribution in [0.1, 0.15) is 0 Å². The highest BCUT2D eigenvalue weighted by atomic mass is 16.3. The van der Waals surface area contributed by atoms with Crippen molar-refractivity contribution in [3.05, 3.63) is 146 Å². The third-order valence-electron chi connectivity index (χ3n) is 8.40. The van der Waals surface area contributed by atoms with Crippen LogP contribution >= 0.6 is 0 Å². The Balaban J connectivity index is 1.21. The molecule has 5 nitrogen and oxygen atoms in total. The van der Waals surface area contributed by atoms with Crippen LogP contribution in [0.3, 0.4) is 0 Å². The number of benzene rings is 6. The fourth-order valence-corrected chi connectivity index (χ4v) is 6.11. The Morgan fingerprint density at radius 2 is 0.956 bits per heavy atom. The molecule has 3 aromatic heterocycles. The molecule has 0 unspecified atom stereocenters. The minimum absolute atomic E-state index is 0.548. The van der Waals surface area contributed by atoms with Gasteiger partial charge in [-0.25, -0.2) is 15.0 Å². The van der Waals surface area contributed by atoms with E-state index in [-0.39, 0.29) is 0 Å². The largest absolute Gasteiger partial charge is 0.454 e. The van der Waals surface area contributed by atoms with E-state index in [2.05, 4.69) is 108 Å². The molecule has 0 saturated carbocycles. The summed E-state index contributed by atoms with van der Waals surface area (Å²) in [6.07, 6.45) is 3.56. The van der Waals surface area contributed by atoms with Crippen LogP contribution in [-0.2, 0) is 0 Å². The van der Waals surface area contributed by atoms with Crippen LogP contribution in [0.15, 0.2) is 150 Å². The van der Waals surface area contributed by atoms with Crippen molar-refractivity contribution >= 4 is 43.5 Å². The van der Waals surface area contributed by atoms with Crippen LogP contribution in [-0.4, -0.2) is 19.9 Å². The van der Waals surface area contributed by atoms with Gasteiger partial charge in [-0.3, -0.25) is 4.98 Å². The van der Waals surface area contributed by atoms with Gasteiger partial charge < -0.3 is 4.42 Å². The molecule has 0 bridgehead atoms. The molecule has 210 valence electrons. The van der Waals surface area contributed by atoms with E-state index >= 15 is 0 Å². The molecule has 0 spiro atoms. The lowest BCUT2D eigenvalue weighted by molar-refractivity contribution is 0.667. The minimum atomic E-state index is 0.548. The minimum Gasteiger partial charge on any atom is -0.454 e. The Bertz CT molecular complexity index is 2550. The summed E-state index contributed by atoms with van der Waals surface area (Å²) in [4.78, 5) is 19.6. The Kier molecular flexibility index (Phi) is 5.74. The van der Waals surface area contributed by atoms with E-state index in [4.69, 9.17) is 19.4 Å². The predicted molar refractivity (Wildman–Crippen MR) is 182 cm³/mol. The van der Waals surface area contributed by atoms with Gasteiger partial charge in [0.1, 0.15) is 5.58 Å². The first-order chi connectivity index (χ1) is 22.3. The second-order valence-corrected chi connectivity index (χ2v) is 11.2. The summed E-state index contributed by atoms with van der Waals surface area (Å²) in [5.74, 6) is 1.74. The van der Waals surface area contributed by atoms with Gasteiger partial charge in [0.25, 0.3) is 0 Å². The molecule has 0 aliphatic heterocycles. The van der Waals surface area contributed by atoms with E-state index in [0.717, 1.165) is 49.6 Å². The highest BCUT2D eigenvalue weighted by Crippen LogP contribution is 2.36. The van der Waals surface area contributed by atoms with Crippen molar-refractivity contribution in [2.24, 2.45) is 0 Å². The average Bonchev–Trinajstić information content (AvgIpc) is 3.50. The molecule has 5 heteroatoms. The van der Waals surface area contributed by atoms with Crippen molar-refractivity contribution in [3.8, 4) is 45.3 Å². The zero-order chi connectivity index (χ0) is 29.7. The Morgan fingerprint density at radius 3 is 1.71 bits per heavy atom. The zero-order valence-electron chi connectivity index (χ0n) is 24.1. The van der Waals surface area contributed by atoms with Gasteiger partial charge in [-0.1, -0.05) is 115 Å². The van der Waals surface area contributed by atoms with Crippen LogP contribution in [0, 0.1) is 0 Å². The predicted octanol–water partition coefficient (Wildman–Crippen LogP) is 10.1. The summed E-state index contributed by atoms with van der Waals surface area (Å²) in [5, 5.41) is 6.68. The standard InChI is InChI=1S/C40H24N4O/c1-3-9-29-21-31(19-15-25(29)7-1)27-13-17-28(18-14-27)38-42-39(32-20-16-26-8-2-4-10-30(26)22-32)44-40(43-38)34-23-41-24-36-37(34)33-11-5-6-12-35(33)45-36/h1-24H. The van der Waals surface area contributed by atoms with Crippen molar-refractivity contribution in [1.29, 1.82) is 0 Å². The van der Waals surface area contributed by atoms with E-state index < -0.39 is 0 Å². The van der Waals surface area contributed by atoms with Gasteiger partial charge in [-0.15, -0.1) is 0 Å². The van der Waals surface area contributed by atoms with Crippen LogP contribution in [0.4, 0.5) is 0 Å². The van der Waals surface area contributed by atoms with Crippen molar-refractivity contribution in [2.45, 2.75) is 0 Å². The lowest BCUT2D eigenvalue weighted by Gasteiger charge is -2.10. The average molecular weight is 577 g/mol. The maximum absolute atomic E-state index is 6.14. The molecule has 0 radical (unpaired) electrons. The summed E-state index contributed by atoms with van der Waals surface area (Å²) >= 11 is 0. The summed E-state index contributed by atoms with van der Waals surface area (Å²) < 4.78 is 6.14. The maximum Gasteiger partial charge on any atom is 0.166 e. The first kappa shape index (κ1) is 25.3. The third kappa shape index (κ3) is 4.41. The van der Waals surface area contributed by atoms with Gasteiger partial charge in [0, 0.05) is 33.7 Å². The van der Waals surface area contributed by atoms with Crippen LogP contribution in [0.5, 0.6) is 0 Å². The number of hydrogen-bond donors (Lipinski definition) is 0. The SMILES string of the molecule is c1ccc2cc(-c3ccc(-c4nc(-c5ccc6ccccc6c5)nc(-c5cncc6oc7ccccc7c56)n4)cc3)ccc2c1. The Hall–Kier alpha value is -6.20. The zero-order valence-corrected chi connectivity index (χ0v) is 24.1. The normalized spacial score (nSPS) is 11.6. The number of fused-ring (bicyclic) bond motifs is 5. The lowest BCUT2D eigenvalue weighted by atomic mass is 10.00. The molecule has 6 aromatic carbocycles. The third-order valence-corrected chi connectivity index (χ3v) is 8.40. The molecule has 9 rings (SSSR count). The molecule has 0 fully saturated rings. The van der Waals surface area contributed by atoms with E-state index in [9.17, 15) is 0 Å². The highest BCUT2D eigenvalue weighted by molar-refractivity contribution is 6.11. The molecule has 0 amide bonds. The van der Waals surface area contributed by atoms with Gasteiger partial charge in [0.15, 0.2) is 23.1 Å². The van der Waals surface area contributed by atoms with Crippen molar-refractivity contribution in [2.75, 3.05) is 0 Å². The summed E-state index contributed by atoms with van der Waals surface area (Å²) in [7, 11) is 0. The first-order valence-electron chi connectivity index (χ1n) is 14.9. The molecule has 0 saturated heterocycles. The molecule has 9 aromatic rings. The summed E-state index contributed by atoms with van der Waals surface area (Å²) in [5.41, 5.74) is 6.42. The van der Waals surface area contributed by atoms with Gasteiger partial charge in [-0.2, -0.15) is 0 Å². The van der Waals surface area contributed by atoms with Crippen molar-refractivity contribution in [3.63, 3.8) is 0 Å².